The smallest absolute Gasteiger partial charge is 0.453 e. The molecule has 0 aromatic carbocycles. The van der Waals surface area contributed by atoms with E-state index < -0.39 is 24.8 Å². The van der Waals surface area contributed by atoms with Gasteiger partial charge < -0.3 is 10.1 Å². The van der Waals surface area contributed by atoms with E-state index in [1.165, 1.54) is 24.4 Å². The van der Waals surface area contributed by atoms with Crippen LogP contribution in [0, 0.1) is 6.92 Å². The Bertz CT molecular complexity index is 983. The van der Waals surface area contributed by atoms with Crippen LogP contribution in [0.25, 0.3) is 5.78 Å². The quantitative estimate of drug-likeness (QED) is 0.655. The van der Waals surface area contributed by atoms with E-state index in [1.54, 1.807) is 6.92 Å². The summed E-state index contributed by atoms with van der Waals surface area (Å²) in [4.78, 5) is 11.0. The van der Waals surface area contributed by atoms with Gasteiger partial charge in [0.15, 0.2) is 6.61 Å². The number of hydrogen-bond acceptors (Lipinski definition) is 6. The molecule has 0 saturated carbocycles. The van der Waals surface area contributed by atoms with E-state index in [0.717, 1.165) is 4.52 Å². The molecule has 28 heavy (non-hydrogen) atoms. The molecule has 0 aliphatic heterocycles. The van der Waals surface area contributed by atoms with Crippen molar-refractivity contribution in [2.75, 3.05) is 11.9 Å². The van der Waals surface area contributed by atoms with Crippen LogP contribution in [0.4, 0.5) is 32.2 Å². The number of nitrogens with zero attached hydrogens (tertiary/aromatic N) is 5. The highest BCUT2D eigenvalue weighted by atomic mass is 19.4. The van der Waals surface area contributed by atoms with E-state index in [9.17, 15) is 26.3 Å². The second-order valence-electron chi connectivity index (χ2n) is 5.65. The Morgan fingerprint density at radius 3 is 2.57 bits per heavy atom. The maximum absolute atomic E-state index is 12.8. The number of pyridine rings is 1. The molecule has 0 bridgehead atoms. The molecule has 0 fully saturated rings. The lowest BCUT2D eigenvalue weighted by Gasteiger charge is -2.13. The molecule has 3 aromatic rings. The van der Waals surface area contributed by atoms with E-state index in [2.05, 4.69) is 30.1 Å². The summed E-state index contributed by atoms with van der Waals surface area (Å²) < 4.78 is 81.1. The third kappa shape index (κ3) is 4.58. The zero-order valence-corrected chi connectivity index (χ0v) is 14.1. The Kier molecular flexibility index (Phi) is 5.00. The van der Waals surface area contributed by atoms with Gasteiger partial charge in [0.1, 0.15) is 5.82 Å². The van der Waals surface area contributed by atoms with Gasteiger partial charge in [0.25, 0.3) is 11.6 Å². The van der Waals surface area contributed by atoms with Crippen LogP contribution in [0.1, 0.15) is 17.1 Å². The molecule has 0 amide bonds. The summed E-state index contributed by atoms with van der Waals surface area (Å²) in [6.45, 7) is -0.0521. The minimum absolute atomic E-state index is 0.0825. The summed E-state index contributed by atoms with van der Waals surface area (Å²) >= 11 is 0. The van der Waals surface area contributed by atoms with Crippen LogP contribution in [0.2, 0.25) is 0 Å². The Morgan fingerprint density at radius 1 is 1.14 bits per heavy atom. The van der Waals surface area contributed by atoms with Gasteiger partial charge in [0.2, 0.25) is 5.88 Å². The Labute approximate surface area is 153 Å². The zero-order chi connectivity index (χ0) is 20.5. The van der Waals surface area contributed by atoms with Crippen molar-refractivity contribution in [2.45, 2.75) is 25.8 Å². The Hall–Kier alpha value is -3.12. The molecule has 13 heteroatoms. The highest BCUT2D eigenvalue weighted by Gasteiger charge is 2.37. The molecule has 0 unspecified atom stereocenters. The van der Waals surface area contributed by atoms with Crippen molar-refractivity contribution < 1.29 is 31.1 Å². The van der Waals surface area contributed by atoms with E-state index >= 15 is 0 Å². The third-order valence-electron chi connectivity index (χ3n) is 3.38. The molecule has 1 N–H and O–H groups in total. The molecule has 150 valence electrons. The first-order valence-electron chi connectivity index (χ1n) is 7.72. The van der Waals surface area contributed by atoms with E-state index in [1.807, 2.05) is 0 Å². The van der Waals surface area contributed by atoms with Gasteiger partial charge in [-0.1, -0.05) is 6.07 Å². The molecule has 0 aliphatic carbocycles. The van der Waals surface area contributed by atoms with Gasteiger partial charge in [0, 0.05) is 30.1 Å². The van der Waals surface area contributed by atoms with Crippen LogP contribution >= 0.6 is 0 Å². The fourth-order valence-electron chi connectivity index (χ4n) is 2.26. The minimum atomic E-state index is -4.75. The number of alkyl halides is 6. The number of halogens is 6. The lowest BCUT2D eigenvalue weighted by molar-refractivity contribution is -0.154. The van der Waals surface area contributed by atoms with Crippen molar-refractivity contribution in [3.8, 4) is 5.88 Å². The Morgan fingerprint density at radius 2 is 1.89 bits per heavy atom. The lowest BCUT2D eigenvalue weighted by Crippen LogP contribution is -2.20. The van der Waals surface area contributed by atoms with Gasteiger partial charge in [-0.15, -0.1) is 5.10 Å². The molecule has 0 saturated heterocycles. The highest BCUT2D eigenvalue weighted by molar-refractivity contribution is 5.46. The predicted molar refractivity (Wildman–Crippen MR) is 83.6 cm³/mol. The highest BCUT2D eigenvalue weighted by Crippen LogP contribution is 2.27. The molecule has 3 aromatic heterocycles. The summed E-state index contributed by atoms with van der Waals surface area (Å²) in [7, 11) is 0. The SMILES string of the molecule is Cc1cc(NCc2cccnc2OCC(F)(F)F)n2nc(C(F)(F)F)nc2n1. The summed E-state index contributed by atoms with van der Waals surface area (Å²) in [6.07, 6.45) is -8.02. The van der Waals surface area contributed by atoms with E-state index in [4.69, 9.17) is 0 Å². The lowest BCUT2D eigenvalue weighted by atomic mass is 10.2. The van der Waals surface area contributed by atoms with Gasteiger partial charge >= 0.3 is 12.4 Å². The monoisotopic (exact) mass is 406 g/mol. The molecule has 0 aliphatic rings. The normalized spacial score (nSPS) is 12.4. The number of ether oxygens (including phenoxy) is 1. The van der Waals surface area contributed by atoms with Crippen LogP contribution in [0.5, 0.6) is 5.88 Å². The van der Waals surface area contributed by atoms with Crippen molar-refractivity contribution in [1.82, 2.24) is 24.6 Å². The number of hydrogen-bond donors (Lipinski definition) is 1. The van der Waals surface area contributed by atoms with Gasteiger partial charge in [0.05, 0.1) is 0 Å². The van der Waals surface area contributed by atoms with Crippen LogP contribution in [-0.2, 0) is 12.7 Å². The topological polar surface area (TPSA) is 77.2 Å². The first-order valence-corrected chi connectivity index (χ1v) is 7.72. The molecular formula is C15H12F6N6O. The molecule has 7 nitrogen and oxygen atoms in total. The maximum Gasteiger partial charge on any atom is 0.453 e. The summed E-state index contributed by atoms with van der Waals surface area (Å²) in [5.74, 6) is -1.75. The van der Waals surface area contributed by atoms with E-state index in [-0.39, 0.29) is 29.6 Å². The molecule has 0 atom stereocenters. The summed E-state index contributed by atoms with van der Waals surface area (Å²) in [5.41, 5.74) is 0.640. The number of aryl methyl sites for hydroxylation is 1. The molecule has 0 radical (unpaired) electrons. The maximum atomic E-state index is 12.8. The average Bonchev–Trinajstić information content (AvgIpc) is 3.02. The molecule has 0 spiro atoms. The van der Waals surface area contributed by atoms with Gasteiger partial charge in [-0.25, -0.2) is 9.97 Å². The second kappa shape index (κ2) is 7.13. The van der Waals surface area contributed by atoms with Crippen LogP contribution in [0.15, 0.2) is 24.4 Å². The first-order chi connectivity index (χ1) is 13.0. The predicted octanol–water partition coefficient (Wildman–Crippen LogP) is 3.40. The number of rotatable bonds is 5. The van der Waals surface area contributed by atoms with Crippen LogP contribution in [0.3, 0.4) is 0 Å². The summed E-state index contributed by atoms with van der Waals surface area (Å²) in [6, 6.07) is 4.38. The number of anilines is 1. The zero-order valence-electron chi connectivity index (χ0n) is 14.1. The van der Waals surface area contributed by atoms with Gasteiger partial charge in [-0.05, 0) is 13.0 Å². The van der Waals surface area contributed by atoms with Gasteiger partial charge in [-0.2, -0.15) is 35.8 Å². The molecular weight excluding hydrogens is 394 g/mol. The fourth-order valence-corrected chi connectivity index (χ4v) is 2.26. The van der Waals surface area contributed by atoms with Crippen LogP contribution in [-0.4, -0.2) is 37.3 Å². The van der Waals surface area contributed by atoms with Crippen molar-refractivity contribution in [1.29, 1.82) is 0 Å². The minimum Gasteiger partial charge on any atom is -0.468 e. The van der Waals surface area contributed by atoms with Gasteiger partial charge in [-0.3, -0.25) is 0 Å². The van der Waals surface area contributed by atoms with Crippen molar-refractivity contribution >= 4 is 11.6 Å². The summed E-state index contributed by atoms with van der Waals surface area (Å²) in [5, 5.41) is 6.19. The average molecular weight is 406 g/mol. The van der Waals surface area contributed by atoms with Crippen molar-refractivity contribution in [3.63, 3.8) is 0 Å². The second-order valence-corrected chi connectivity index (χ2v) is 5.65. The number of nitrogens with one attached hydrogen (secondary N) is 1. The third-order valence-corrected chi connectivity index (χ3v) is 3.38. The van der Waals surface area contributed by atoms with Crippen molar-refractivity contribution in [3.05, 3.63) is 41.5 Å². The van der Waals surface area contributed by atoms with Crippen LogP contribution < -0.4 is 10.1 Å². The fraction of sp³-hybridized carbons (Fsp3) is 0.333. The number of fused-ring (bicyclic) bond motifs is 1. The first kappa shape index (κ1) is 19.6. The largest absolute Gasteiger partial charge is 0.468 e. The standard InChI is InChI=1S/C15H12F6N6O/c1-8-5-10(27-13(24-8)25-12(26-27)15(19,20)21)23-6-9-3-2-4-22-11(9)28-7-14(16,17)18/h2-5,23H,6-7H2,1H3. The van der Waals surface area contributed by atoms with E-state index in [0.29, 0.717) is 5.69 Å². The number of aromatic nitrogens is 5. The molecule has 3 heterocycles. The molecule has 3 rings (SSSR count). The Balaban J connectivity index is 1.85. The van der Waals surface area contributed by atoms with Crippen molar-refractivity contribution in [2.24, 2.45) is 0 Å².